The van der Waals surface area contributed by atoms with E-state index in [4.69, 9.17) is 4.74 Å². The zero-order valence-electron chi connectivity index (χ0n) is 18.9. The van der Waals surface area contributed by atoms with E-state index in [0.717, 1.165) is 27.6 Å². The molecule has 1 N–H and O–H groups in total. The van der Waals surface area contributed by atoms with Crippen LogP contribution < -0.4 is 4.90 Å². The quantitative estimate of drug-likeness (QED) is 0.222. The molecular weight excluding hydrogens is 496 g/mol. The fourth-order valence-corrected chi connectivity index (χ4v) is 5.73. The fourth-order valence-electron chi connectivity index (χ4n) is 3.85. The summed E-state index contributed by atoms with van der Waals surface area (Å²) < 4.78 is 4.76. The molecule has 1 aliphatic heterocycles. The number of aryl methyl sites for hydroxylation is 3. The molecule has 3 aromatic rings. The first-order chi connectivity index (χ1) is 16.6. The van der Waals surface area contributed by atoms with E-state index in [0.29, 0.717) is 10.7 Å². The highest BCUT2D eigenvalue weighted by molar-refractivity contribution is 7.17. The van der Waals surface area contributed by atoms with Crippen LogP contribution in [0.3, 0.4) is 0 Å². The number of esters is 1. The molecule has 2 aromatic heterocycles. The number of anilines is 1. The Labute approximate surface area is 206 Å². The average molecular weight is 515 g/mol. The summed E-state index contributed by atoms with van der Waals surface area (Å²) in [6.07, 6.45) is 0. The highest BCUT2D eigenvalue weighted by Gasteiger charge is 2.48. The zero-order chi connectivity index (χ0) is 25.6. The van der Waals surface area contributed by atoms with Gasteiger partial charge in [-0.1, -0.05) is 23.5 Å². The van der Waals surface area contributed by atoms with Crippen molar-refractivity contribution in [3.8, 4) is 0 Å². The number of aliphatic hydroxyl groups excluding tert-OH is 1. The van der Waals surface area contributed by atoms with Crippen molar-refractivity contribution in [2.45, 2.75) is 26.8 Å². The second-order valence-electron chi connectivity index (χ2n) is 7.53. The lowest BCUT2D eigenvalue weighted by Gasteiger charge is -2.24. The third-order valence-electron chi connectivity index (χ3n) is 5.35. The SMILES string of the molecule is COC(=O)c1sc(N2C(=O)C(O)=C(C(=O)c3sc(C)nc3C)C2c2ccccc2[N+](=O)[O-])nc1C. The summed E-state index contributed by atoms with van der Waals surface area (Å²) in [4.78, 5) is 60.1. The lowest BCUT2D eigenvalue weighted by Crippen LogP contribution is -2.31. The minimum atomic E-state index is -1.37. The number of nitro groups is 1. The number of nitro benzene ring substituents is 1. The number of ether oxygens (including phenoxy) is 1. The summed E-state index contributed by atoms with van der Waals surface area (Å²) in [5.41, 5.74) is -0.00987. The third-order valence-corrected chi connectivity index (χ3v) is 7.56. The molecule has 1 aliphatic rings. The van der Waals surface area contributed by atoms with Gasteiger partial charge in [-0.15, -0.1) is 11.3 Å². The predicted molar refractivity (Wildman–Crippen MR) is 127 cm³/mol. The molecule has 3 heterocycles. The van der Waals surface area contributed by atoms with Gasteiger partial charge in [0, 0.05) is 6.07 Å². The Bertz CT molecular complexity index is 1440. The van der Waals surface area contributed by atoms with Crippen molar-refractivity contribution in [3.63, 3.8) is 0 Å². The van der Waals surface area contributed by atoms with E-state index in [1.54, 1.807) is 13.8 Å². The van der Waals surface area contributed by atoms with Gasteiger partial charge >= 0.3 is 5.97 Å². The topological polar surface area (TPSA) is 153 Å². The molecule has 0 spiro atoms. The van der Waals surface area contributed by atoms with Crippen LogP contribution in [-0.2, 0) is 9.53 Å². The number of amides is 1. The Hall–Kier alpha value is -3.97. The first kappa shape index (κ1) is 24.2. The minimum absolute atomic E-state index is 0.00427. The molecule has 0 saturated heterocycles. The van der Waals surface area contributed by atoms with E-state index in [2.05, 4.69) is 9.97 Å². The number of hydrogen-bond donors (Lipinski definition) is 1. The molecule has 0 bridgehead atoms. The number of nitrogens with zero attached hydrogens (tertiary/aromatic N) is 4. The summed E-state index contributed by atoms with van der Waals surface area (Å²) in [5, 5.41) is 23.3. The molecule has 4 rings (SSSR count). The number of para-hydroxylation sites is 1. The highest BCUT2D eigenvalue weighted by atomic mass is 32.1. The highest BCUT2D eigenvalue weighted by Crippen LogP contribution is 2.46. The van der Waals surface area contributed by atoms with Gasteiger partial charge in [-0.25, -0.2) is 14.8 Å². The van der Waals surface area contributed by atoms with Crippen molar-refractivity contribution in [3.05, 3.63) is 77.4 Å². The lowest BCUT2D eigenvalue weighted by atomic mass is 9.94. The first-order valence-corrected chi connectivity index (χ1v) is 11.7. The van der Waals surface area contributed by atoms with Crippen LogP contribution in [0.5, 0.6) is 0 Å². The van der Waals surface area contributed by atoms with Crippen LogP contribution in [0.15, 0.2) is 35.6 Å². The van der Waals surface area contributed by atoms with E-state index < -0.39 is 34.4 Å². The maximum absolute atomic E-state index is 13.6. The largest absolute Gasteiger partial charge is 0.503 e. The molecule has 1 amide bonds. The maximum Gasteiger partial charge on any atom is 0.350 e. The summed E-state index contributed by atoms with van der Waals surface area (Å²) in [6, 6.07) is 4.26. The predicted octanol–water partition coefficient (Wildman–Crippen LogP) is 4.00. The van der Waals surface area contributed by atoms with Gasteiger partial charge in [0.25, 0.3) is 11.6 Å². The van der Waals surface area contributed by atoms with Crippen LogP contribution in [0.2, 0.25) is 0 Å². The number of Topliss-reactive ketones (excluding diaryl/α,β-unsaturated/α-hetero) is 1. The number of rotatable bonds is 6. The van der Waals surface area contributed by atoms with Crippen LogP contribution in [0.4, 0.5) is 10.8 Å². The summed E-state index contributed by atoms with van der Waals surface area (Å²) in [5.74, 6) is -3.17. The zero-order valence-corrected chi connectivity index (χ0v) is 20.5. The van der Waals surface area contributed by atoms with Crippen molar-refractivity contribution in [2.75, 3.05) is 12.0 Å². The van der Waals surface area contributed by atoms with Gasteiger partial charge in [-0.2, -0.15) is 0 Å². The van der Waals surface area contributed by atoms with Gasteiger partial charge in [0.2, 0.25) is 5.78 Å². The molecule has 1 atom stereocenters. The number of hydrogen-bond acceptors (Lipinski definition) is 11. The molecule has 0 saturated carbocycles. The van der Waals surface area contributed by atoms with Crippen LogP contribution in [-0.4, -0.2) is 44.8 Å². The van der Waals surface area contributed by atoms with Gasteiger partial charge in [0.05, 0.1) is 44.4 Å². The standard InChI is InChI=1S/C22H18N4O7S2/c1-9-18(34-11(3)23-9)16(27)14-15(12-7-5-6-8-13(12)26(31)32)25(20(29)17(14)28)22-24-10(2)19(35-22)21(30)33-4/h5-8,15,28H,1-4H3. The number of benzene rings is 1. The van der Waals surface area contributed by atoms with Gasteiger partial charge in [0.15, 0.2) is 10.9 Å². The Morgan fingerprint density at radius 2 is 1.77 bits per heavy atom. The van der Waals surface area contributed by atoms with E-state index in [9.17, 15) is 29.6 Å². The Morgan fingerprint density at radius 1 is 1.11 bits per heavy atom. The first-order valence-electron chi connectivity index (χ1n) is 10.1. The number of methoxy groups -OCH3 is 1. The lowest BCUT2D eigenvalue weighted by molar-refractivity contribution is -0.385. The van der Waals surface area contributed by atoms with Crippen molar-refractivity contribution < 1.29 is 29.2 Å². The van der Waals surface area contributed by atoms with Crippen LogP contribution in [0.25, 0.3) is 0 Å². The Morgan fingerprint density at radius 3 is 2.37 bits per heavy atom. The van der Waals surface area contributed by atoms with Gasteiger partial charge in [-0.3, -0.25) is 24.6 Å². The molecule has 0 radical (unpaired) electrons. The van der Waals surface area contributed by atoms with E-state index in [1.165, 1.54) is 38.3 Å². The molecule has 0 fully saturated rings. The van der Waals surface area contributed by atoms with Gasteiger partial charge < -0.3 is 9.84 Å². The monoisotopic (exact) mass is 514 g/mol. The van der Waals surface area contributed by atoms with Gasteiger partial charge in [0.1, 0.15) is 10.9 Å². The minimum Gasteiger partial charge on any atom is -0.503 e. The molecule has 11 nitrogen and oxygen atoms in total. The smallest absolute Gasteiger partial charge is 0.350 e. The molecule has 1 aromatic carbocycles. The summed E-state index contributed by atoms with van der Waals surface area (Å²) in [6.45, 7) is 4.87. The number of carbonyl (C=O) groups excluding carboxylic acids is 3. The number of ketones is 1. The van der Waals surface area contributed by atoms with Crippen molar-refractivity contribution >= 4 is 51.2 Å². The molecule has 1 unspecified atom stereocenters. The maximum atomic E-state index is 13.6. The molecule has 13 heteroatoms. The number of aliphatic hydroxyl groups is 1. The number of aromatic nitrogens is 2. The summed E-state index contributed by atoms with van der Waals surface area (Å²) >= 11 is 1.90. The normalized spacial score (nSPS) is 15.6. The Balaban J connectivity index is 1.96. The second kappa shape index (κ2) is 9.00. The van der Waals surface area contributed by atoms with Gasteiger partial charge in [-0.05, 0) is 26.8 Å². The van der Waals surface area contributed by atoms with E-state index in [1.807, 2.05) is 0 Å². The second-order valence-corrected chi connectivity index (χ2v) is 9.72. The van der Waals surface area contributed by atoms with Crippen molar-refractivity contribution in [2.24, 2.45) is 0 Å². The van der Waals surface area contributed by atoms with Crippen LogP contribution in [0, 0.1) is 30.9 Å². The van der Waals surface area contributed by atoms with Crippen LogP contribution >= 0.6 is 22.7 Å². The fraction of sp³-hybridized carbons (Fsp3) is 0.227. The van der Waals surface area contributed by atoms with Crippen molar-refractivity contribution in [1.82, 2.24) is 9.97 Å². The average Bonchev–Trinajstić information content (AvgIpc) is 3.45. The molecule has 180 valence electrons. The Kier molecular flexibility index (Phi) is 6.21. The number of carbonyl (C=O) groups is 3. The van der Waals surface area contributed by atoms with Crippen molar-refractivity contribution in [1.29, 1.82) is 0 Å². The van der Waals surface area contributed by atoms with Crippen LogP contribution in [0.1, 0.15) is 47.3 Å². The number of thiazole rings is 2. The molecular formula is C22H18N4O7S2. The third kappa shape index (κ3) is 3.98. The van der Waals surface area contributed by atoms with E-state index in [-0.39, 0.29) is 37.4 Å². The molecule has 0 aliphatic carbocycles. The summed E-state index contributed by atoms with van der Waals surface area (Å²) in [7, 11) is 1.20. The van der Waals surface area contributed by atoms with E-state index >= 15 is 0 Å². The molecule has 35 heavy (non-hydrogen) atoms.